The number of fused-ring (bicyclic) bond motifs is 3. The number of aliphatic carboxylic acids is 1. The Hall–Kier alpha value is -4.14. The van der Waals surface area contributed by atoms with Crippen molar-refractivity contribution in [3.05, 3.63) is 71.8 Å². The van der Waals surface area contributed by atoms with Crippen molar-refractivity contribution in [2.75, 3.05) is 13.2 Å². The molecule has 1 heterocycles. The highest BCUT2D eigenvalue weighted by molar-refractivity contribution is 5.95. The first-order chi connectivity index (χ1) is 16.9. The number of amides is 3. The molecule has 4 unspecified atom stereocenters. The first kappa shape index (κ1) is 22.6. The van der Waals surface area contributed by atoms with E-state index in [1.807, 2.05) is 36.4 Å². The van der Waals surface area contributed by atoms with Crippen molar-refractivity contribution in [1.82, 2.24) is 16.0 Å². The molecule has 2 aliphatic carbocycles. The minimum atomic E-state index is -1.15. The molecule has 35 heavy (non-hydrogen) atoms. The molecule has 180 valence electrons. The molecule has 9 heteroatoms. The van der Waals surface area contributed by atoms with Gasteiger partial charge in [-0.25, -0.2) is 4.79 Å². The van der Waals surface area contributed by atoms with E-state index in [9.17, 15) is 24.3 Å². The van der Waals surface area contributed by atoms with Gasteiger partial charge in [-0.3, -0.25) is 14.4 Å². The maximum Gasteiger partial charge on any atom is 0.407 e. The topological polar surface area (TPSA) is 134 Å². The summed E-state index contributed by atoms with van der Waals surface area (Å²) in [5, 5.41) is 17.0. The summed E-state index contributed by atoms with van der Waals surface area (Å²) in [5.41, 5.74) is 4.53. The SMILES string of the molecule is O=C(NC1C=CC(C(=O)NC2C(=O)NCC2C(=O)O)C1)OCC1c2ccccc2-c2ccccc21. The summed E-state index contributed by atoms with van der Waals surface area (Å²) in [5.74, 6) is -3.76. The lowest BCUT2D eigenvalue weighted by molar-refractivity contribution is -0.143. The molecule has 1 fully saturated rings. The molecule has 0 spiro atoms. The molecule has 3 aliphatic rings. The molecule has 0 saturated carbocycles. The van der Waals surface area contributed by atoms with Crippen LogP contribution in [0.3, 0.4) is 0 Å². The van der Waals surface area contributed by atoms with Crippen LogP contribution in [0, 0.1) is 11.8 Å². The fraction of sp³-hybridized carbons (Fsp3) is 0.308. The first-order valence-corrected chi connectivity index (χ1v) is 11.5. The normalized spacial score (nSPS) is 24.4. The Morgan fingerprint density at radius 2 is 1.63 bits per heavy atom. The van der Waals surface area contributed by atoms with E-state index < -0.39 is 47.8 Å². The van der Waals surface area contributed by atoms with Gasteiger partial charge in [0.1, 0.15) is 18.6 Å². The van der Waals surface area contributed by atoms with E-state index in [4.69, 9.17) is 4.74 Å². The Morgan fingerprint density at radius 1 is 0.971 bits per heavy atom. The number of hydrogen-bond donors (Lipinski definition) is 4. The smallest absolute Gasteiger partial charge is 0.407 e. The zero-order valence-electron chi connectivity index (χ0n) is 18.8. The van der Waals surface area contributed by atoms with Crippen molar-refractivity contribution >= 4 is 23.9 Å². The van der Waals surface area contributed by atoms with Crippen LogP contribution in [0.1, 0.15) is 23.5 Å². The van der Waals surface area contributed by atoms with Gasteiger partial charge in [0, 0.05) is 12.5 Å². The minimum absolute atomic E-state index is 0.0222. The van der Waals surface area contributed by atoms with Gasteiger partial charge in [-0.15, -0.1) is 0 Å². The Morgan fingerprint density at radius 3 is 2.29 bits per heavy atom. The molecule has 0 aromatic heterocycles. The highest BCUT2D eigenvalue weighted by atomic mass is 16.5. The van der Waals surface area contributed by atoms with Crippen LogP contribution in [0.25, 0.3) is 11.1 Å². The molecule has 3 amide bonds. The van der Waals surface area contributed by atoms with Crippen LogP contribution in [0.2, 0.25) is 0 Å². The fourth-order valence-electron chi connectivity index (χ4n) is 5.07. The van der Waals surface area contributed by atoms with Crippen LogP contribution in [-0.2, 0) is 19.1 Å². The first-order valence-electron chi connectivity index (χ1n) is 11.5. The number of nitrogens with one attached hydrogen (secondary N) is 3. The zero-order chi connectivity index (χ0) is 24.5. The number of carboxylic acids is 1. The third-order valence-electron chi connectivity index (χ3n) is 6.86. The van der Waals surface area contributed by atoms with Crippen LogP contribution in [0.15, 0.2) is 60.7 Å². The Bertz CT molecular complexity index is 1180. The predicted molar refractivity (Wildman–Crippen MR) is 125 cm³/mol. The van der Waals surface area contributed by atoms with Gasteiger partial charge >= 0.3 is 12.1 Å². The number of carbonyl (C=O) groups is 4. The molecule has 0 bridgehead atoms. The quantitative estimate of drug-likeness (QED) is 0.471. The maximum absolute atomic E-state index is 12.6. The molecule has 2 aromatic rings. The highest BCUT2D eigenvalue weighted by Crippen LogP contribution is 2.44. The largest absolute Gasteiger partial charge is 0.481 e. The highest BCUT2D eigenvalue weighted by Gasteiger charge is 2.41. The van der Waals surface area contributed by atoms with E-state index in [1.165, 1.54) is 0 Å². The molecule has 2 aromatic carbocycles. The van der Waals surface area contributed by atoms with E-state index in [1.54, 1.807) is 12.2 Å². The second kappa shape index (κ2) is 9.25. The van der Waals surface area contributed by atoms with Crippen molar-refractivity contribution < 1.29 is 29.0 Å². The van der Waals surface area contributed by atoms with Crippen molar-refractivity contribution in [2.45, 2.75) is 24.4 Å². The molecule has 4 N–H and O–H groups in total. The van der Waals surface area contributed by atoms with Gasteiger partial charge in [0.05, 0.1) is 12.0 Å². The molecule has 9 nitrogen and oxygen atoms in total. The molecule has 5 rings (SSSR count). The third-order valence-corrected chi connectivity index (χ3v) is 6.86. The van der Waals surface area contributed by atoms with E-state index in [0.29, 0.717) is 6.42 Å². The van der Waals surface area contributed by atoms with Crippen LogP contribution in [0.5, 0.6) is 0 Å². The molecule has 0 radical (unpaired) electrons. The van der Waals surface area contributed by atoms with E-state index in [-0.39, 0.29) is 19.1 Å². The van der Waals surface area contributed by atoms with Crippen molar-refractivity contribution in [3.8, 4) is 11.1 Å². The van der Waals surface area contributed by atoms with Gasteiger partial charge in [-0.1, -0.05) is 60.7 Å². The zero-order valence-corrected chi connectivity index (χ0v) is 18.8. The number of hydrogen-bond acceptors (Lipinski definition) is 5. The second-order valence-electron chi connectivity index (χ2n) is 8.98. The average molecular weight is 476 g/mol. The molecule has 4 atom stereocenters. The van der Waals surface area contributed by atoms with Crippen LogP contribution in [0.4, 0.5) is 4.79 Å². The van der Waals surface area contributed by atoms with Gasteiger partial charge in [0.2, 0.25) is 11.8 Å². The minimum Gasteiger partial charge on any atom is -0.481 e. The lowest BCUT2D eigenvalue weighted by Crippen LogP contribution is -2.47. The summed E-state index contributed by atoms with van der Waals surface area (Å²) in [6.07, 6.45) is 3.06. The summed E-state index contributed by atoms with van der Waals surface area (Å²) in [4.78, 5) is 48.3. The molecular formula is C26H25N3O6. The third kappa shape index (κ3) is 4.37. The summed E-state index contributed by atoms with van der Waals surface area (Å²) >= 11 is 0. The molecular weight excluding hydrogens is 450 g/mol. The van der Waals surface area contributed by atoms with E-state index in [2.05, 4.69) is 28.1 Å². The average Bonchev–Trinajstić information content (AvgIpc) is 3.54. The van der Waals surface area contributed by atoms with Crippen LogP contribution < -0.4 is 16.0 Å². The van der Waals surface area contributed by atoms with Gasteiger partial charge in [0.15, 0.2) is 0 Å². The van der Waals surface area contributed by atoms with Crippen LogP contribution in [-0.4, -0.2) is 54.2 Å². The predicted octanol–water partition coefficient (Wildman–Crippen LogP) is 1.79. The number of benzene rings is 2. The maximum atomic E-state index is 12.6. The van der Waals surface area contributed by atoms with Crippen molar-refractivity contribution in [3.63, 3.8) is 0 Å². The Kier molecular flexibility index (Phi) is 5.98. The lowest BCUT2D eigenvalue weighted by Gasteiger charge is -2.19. The summed E-state index contributed by atoms with van der Waals surface area (Å²) in [6.45, 7) is 0.166. The van der Waals surface area contributed by atoms with Gasteiger partial charge in [-0.2, -0.15) is 0 Å². The lowest BCUT2D eigenvalue weighted by atomic mass is 9.98. The second-order valence-corrected chi connectivity index (χ2v) is 8.98. The summed E-state index contributed by atoms with van der Waals surface area (Å²) in [7, 11) is 0. The van der Waals surface area contributed by atoms with Gasteiger partial charge in [-0.05, 0) is 28.7 Å². The van der Waals surface area contributed by atoms with Gasteiger partial charge in [0.25, 0.3) is 0 Å². The van der Waals surface area contributed by atoms with Crippen LogP contribution >= 0.6 is 0 Å². The van der Waals surface area contributed by atoms with E-state index >= 15 is 0 Å². The molecule has 1 aliphatic heterocycles. The number of rotatable bonds is 6. The van der Waals surface area contributed by atoms with Crippen molar-refractivity contribution in [2.24, 2.45) is 11.8 Å². The number of carboxylic acid groups (broad SMARTS) is 1. The van der Waals surface area contributed by atoms with Crippen molar-refractivity contribution in [1.29, 1.82) is 0 Å². The Balaban J connectivity index is 1.14. The monoisotopic (exact) mass is 475 g/mol. The fourth-order valence-corrected chi connectivity index (χ4v) is 5.07. The number of alkyl carbamates (subject to hydrolysis) is 1. The standard InChI is InChI=1S/C26H25N3O6/c30-23(29-22-20(25(32)33)12-27-24(22)31)14-9-10-15(11-14)28-26(34)35-13-21-18-7-3-1-5-16(18)17-6-2-4-8-19(17)21/h1-10,14-15,20-22H,11-13H2,(H,27,31)(H,28,34)(H,29,30)(H,32,33). The number of carbonyl (C=O) groups excluding carboxylic acids is 3. The van der Waals surface area contributed by atoms with Gasteiger partial charge < -0.3 is 25.8 Å². The molecule has 1 saturated heterocycles. The van der Waals surface area contributed by atoms with E-state index in [0.717, 1.165) is 22.3 Å². The Labute approximate surface area is 201 Å². The number of ether oxygens (including phenoxy) is 1. The summed E-state index contributed by atoms with van der Waals surface area (Å²) < 4.78 is 5.56. The summed E-state index contributed by atoms with van der Waals surface area (Å²) in [6, 6.07) is 14.6.